The molecule has 2 rings (SSSR count). The molecular weight excluding hydrogens is 343 g/mol. The third-order valence-electron chi connectivity index (χ3n) is 2.90. The normalized spacial score (nSPS) is 10.2. The van der Waals surface area contributed by atoms with Gasteiger partial charge in [-0.05, 0) is 30.3 Å². The number of carbonyl (C=O) groups is 2. The van der Waals surface area contributed by atoms with Crippen LogP contribution in [0.4, 0.5) is 11.4 Å². The highest BCUT2D eigenvalue weighted by molar-refractivity contribution is 6.39. The van der Waals surface area contributed by atoms with Crippen LogP contribution >= 0.6 is 23.2 Å². The average Bonchev–Trinajstić information content (AvgIpc) is 2.48. The zero-order chi connectivity index (χ0) is 17.0. The lowest BCUT2D eigenvalue weighted by Crippen LogP contribution is -2.23. The van der Waals surface area contributed by atoms with Gasteiger partial charge in [0.15, 0.2) is 0 Å². The van der Waals surface area contributed by atoms with E-state index in [9.17, 15) is 14.7 Å². The van der Waals surface area contributed by atoms with Crippen LogP contribution in [0.25, 0.3) is 0 Å². The maximum atomic E-state index is 12.0. The molecule has 0 bridgehead atoms. The maximum absolute atomic E-state index is 12.0. The van der Waals surface area contributed by atoms with Crippen LogP contribution < -0.4 is 10.6 Å². The Bertz CT molecular complexity index is 745. The van der Waals surface area contributed by atoms with Crippen LogP contribution in [0.1, 0.15) is 10.4 Å². The third-order valence-corrected chi connectivity index (χ3v) is 3.53. The lowest BCUT2D eigenvalue weighted by atomic mass is 10.1. The molecule has 0 aliphatic rings. The molecule has 8 heteroatoms. The maximum Gasteiger partial charge on any atom is 0.337 e. The van der Waals surface area contributed by atoms with Gasteiger partial charge in [0.25, 0.3) is 0 Å². The largest absolute Gasteiger partial charge is 0.508 e. The molecule has 0 radical (unpaired) electrons. The molecule has 0 unspecified atom stereocenters. The average molecular weight is 355 g/mol. The Balaban J connectivity index is 2.07. The van der Waals surface area contributed by atoms with E-state index in [1.807, 2.05) is 0 Å². The van der Waals surface area contributed by atoms with Crippen molar-refractivity contribution in [3.63, 3.8) is 0 Å². The van der Waals surface area contributed by atoms with E-state index < -0.39 is 11.9 Å². The molecule has 0 aliphatic carbocycles. The van der Waals surface area contributed by atoms with Gasteiger partial charge in [0.05, 0.1) is 33.5 Å². The molecule has 120 valence electrons. The quantitative estimate of drug-likeness (QED) is 0.616. The fourth-order valence-electron chi connectivity index (χ4n) is 1.85. The highest BCUT2D eigenvalue weighted by Gasteiger charge is 2.14. The first-order chi connectivity index (χ1) is 10.9. The Morgan fingerprint density at radius 1 is 1.09 bits per heavy atom. The van der Waals surface area contributed by atoms with Gasteiger partial charge in [0.2, 0.25) is 5.91 Å². The monoisotopic (exact) mass is 354 g/mol. The first-order valence-corrected chi connectivity index (χ1v) is 7.18. The van der Waals surface area contributed by atoms with E-state index in [2.05, 4.69) is 10.6 Å². The van der Waals surface area contributed by atoms with Crippen molar-refractivity contribution in [2.24, 2.45) is 0 Å². The zero-order valence-corrected chi connectivity index (χ0v) is 13.1. The molecule has 0 saturated heterocycles. The second-order valence-corrected chi connectivity index (χ2v) is 5.35. The fraction of sp³-hybridized carbons (Fsp3) is 0.0667. The number of rotatable bonds is 5. The molecule has 2 aromatic rings. The van der Waals surface area contributed by atoms with Gasteiger partial charge in [0, 0.05) is 0 Å². The summed E-state index contributed by atoms with van der Waals surface area (Å²) in [6, 6.07) is 8.55. The summed E-state index contributed by atoms with van der Waals surface area (Å²) < 4.78 is 0. The van der Waals surface area contributed by atoms with Crippen LogP contribution in [0.5, 0.6) is 5.75 Å². The molecular formula is C15H12Cl2N2O4. The van der Waals surface area contributed by atoms with Gasteiger partial charge >= 0.3 is 5.97 Å². The van der Waals surface area contributed by atoms with Gasteiger partial charge in [-0.3, -0.25) is 4.79 Å². The number of para-hydroxylation sites is 1. The number of aromatic carboxylic acids is 1. The second kappa shape index (κ2) is 7.21. The van der Waals surface area contributed by atoms with Crippen molar-refractivity contribution in [2.75, 3.05) is 17.2 Å². The van der Waals surface area contributed by atoms with Crippen molar-refractivity contribution in [3.05, 3.63) is 52.0 Å². The fourth-order valence-corrected chi connectivity index (χ4v) is 2.38. The van der Waals surface area contributed by atoms with E-state index in [1.165, 1.54) is 12.1 Å². The number of hydrogen-bond donors (Lipinski definition) is 4. The molecule has 0 aliphatic heterocycles. The summed E-state index contributed by atoms with van der Waals surface area (Å²) in [6.45, 7) is -0.163. The summed E-state index contributed by atoms with van der Waals surface area (Å²) in [6.07, 6.45) is 0. The van der Waals surface area contributed by atoms with Gasteiger partial charge < -0.3 is 20.8 Å². The number of benzene rings is 2. The number of phenols is 1. The number of aromatic hydroxyl groups is 1. The van der Waals surface area contributed by atoms with E-state index in [0.29, 0.717) is 15.7 Å². The van der Waals surface area contributed by atoms with Crippen molar-refractivity contribution in [1.29, 1.82) is 0 Å². The lowest BCUT2D eigenvalue weighted by molar-refractivity contribution is -0.114. The van der Waals surface area contributed by atoms with E-state index in [0.717, 1.165) is 6.07 Å². The number of nitrogens with one attached hydrogen (secondary N) is 2. The van der Waals surface area contributed by atoms with Gasteiger partial charge in [-0.2, -0.15) is 0 Å². The predicted molar refractivity (Wildman–Crippen MR) is 88.6 cm³/mol. The summed E-state index contributed by atoms with van der Waals surface area (Å²) in [7, 11) is 0. The van der Waals surface area contributed by atoms with Crippen LogP contribution in [-0.2, 0) is 4.79 Å². The molecule has 1 amide bonds. The number of carboxylic acid groups (broad SMARTS) is 1. The minimum Gasteiger partial charge on any atom is -0.508 e. The number of hydrogen-bond acceptors (Lipinski definition) is 4. The molecule has 2 aromatic carbocycles. The van der Waals surface area contributed by atoms with E-state index in [1.54, 1.807) is 18.2 Å². The van der Waals surface area contributed by atoms with E-state index >= 15 is 0 Å². The van der Waals surface area contributed by atoms with Crippen molar-refractivity contribution in [3.8, 4) is 5.75 Å². The molecule has 0 heterocycles. The Labute approximate surface area is 141 Å². The molecule has 0 atom stereocenters. The molecule has 0 spiro atoms. The summed E-state index contributed by atoms with van der Waals surface area (Å²) in [4.78, 5) is 23.1. The van der Waals surface area contributed by atoms with Crippen molar-refractivity contribution in [2.45, 2.75) is 0 Å². The lowest BCUT2D eigenvalue weighted by Gasteiger charge is -2.12. The Kier molecular flexibility index (Phi) is 5.31. The zero-order valence-electron chi connectivity index (χ0n) is 11.6. The second-order valence-electron chi connectivity index (χ2n) is 4.53. The first-order valence-electron chi connectivity index (χ1n) is 6.42. The van der Waals surface area contributed by atoms with Crippen molar-refractivity contribution in [1.82, 2.24) is 0 Å². The smallest absolute Gasteiger partial charge is 0.337 e. The van der Waals surface area contributed by atoms with Gasteiger partial charge in [0.1, 0.15) is 5.75 Å². The van der Waals surface area contributed by atoms with Gasteiger partial charge in [-0.25, -0.2) is 4.79 Å². The van der Waals surface area contributed by atoms with E-state index in [4.69, 9.17) is 28.3 Å². The summed E-state index contributed by atoms with van der Waals surface area (Å²) >= 11 is 11.9. The molecule has 0 aromatic heterocycles. The molecule has 0 saturated carbocycles. The number of phenolic OH excluding ortho intramolecular Hbond substituents is 1. The van der Waals surface area contributed by atoms with Crippen LogP contribution in [0.3, 0.4) is 0 Å². The highest BCUT2D eigenvalue weighted by Crippen LogP contribution is 2.29. The number of anilines is 2. The van der Waals surface area contributed by atoms with Crippen LogP contribution in [-0.4, -0.2) is 28.6 Å². The highest BCUT2D eigenvalue weighted by atomic mass is 35.5. The molecule has 6 nitrogen and oxygen atoms in total. The molecule has 23 heavy (non-hydrogen) atoms. The first kappa shape index (κ1) is 16.9. The van der Waals surface area contributed by atoms with Gasteiger partial charge in [-0.15, -0.1) is 0 Å². The minimum atomic E-state index is -1.27. The van der Waals surface area contributed by atoms with Crippen LogP contribution in [0.2, 0.25) is 10.0 Å². The van der Waals surface area contributed by atoms with E-state index in [-0.39, 0.29) is 23.5 Å². The Morgan fingerprint density at radius 2 is 1.74 bits per heavy atom. The number of halogens is 2. The molecule has 4 N–H and O–H groups in total. The van der Waals surface area contributed by atoms with Crippen LogP contribution in [0, 0.1) is 0 Å². The number of carbonyl (C=O) groups excluding carboxylic acids is 1. The predicted octanol–water partition coefficient (Wildman–Crippen LogP) is 3.45. The van der Waals surface area contributed by atoms with Crippen molar-refractivity contribution < 1.29 is 19.8 Å². The van der Waals surface area contributed by atoms with Crippen molar-refractivity contribution >= 4 is 46.5 Å². The molecule has 0 fully saturated rings. The third kappa shape index (κ3) is 4.28. The standard InChI is InChI=1S/C15H12Cl2N2O4/c16-10-2-1-3-11(17)14(10)18-7-13(21)19-12-5-4-8(20)6-9(12)15(22)23/h1-6,18,20H,7H2,(H,19,21)(H,22,23). The summed E-state index contributed by atoms with van der Waals surface area (Å²) in [5.74, 6) is -1.96. The SMILES string of the molecule is O=C(CNc1c(Cl)cccc1Cl)Nc1ccc(O)cc1C(=O)O. The van der Waals surface area contributed by atoms with Crippen LogP contribution in [0.15, 0.2) is 36.4 Å². The minimum absolute atomic E-state index is 0.0763. The topological polar surface area (TPSA) is 98.7 Å². The van der Waals surface area contributed by atoms with Gasteiger partial charge in [-0.1, -0.05) is 29.3 Å². The number of amides is 1. The summed E-state index contributed by atoms with van der Waals surface area (Å²) in [5.41, 5.74) is 0.275. The summed E-state index contributed by atoms with van der Waals surface area (Å²) in [5, 5.41) is 24.3. The Morgan fingerprint density at radius 3 is 2.35 bits per heavy atom. The Hall–Kier alpha value is -2.44. The number of carboxylic acids is 1.